The summed E-state index contributed by atoms with van der Waals surface area (Å²) in [5.74, 6) is 0.653. The Morgan fingerprint density at radius 2 is 1.85 bits per heavy atom. The monoisotopic (exact) mass is 274 g/mol. The lowest BCUT2D eigenvalue weighted by molar-refractivity contribution is 0.145. The van der Waals surface area contributed by atoms with Gasteiger partial charge in [-0.2, -0.15) is 0 Å². The molecule has 0 radical (unpaired) electrons. The fourth-order valence-electron chi connectivity index (χ4n) is 3.43. The van der Waals surface area contributed by atoms with Gasteiger partial charge < -0.3 is 5.11 Å². The van der Waals surface area contributed by atoms with Crippen LogP contribution in [0.2, 0.25) is 0 Å². The van der Waals surface area contributed by atoms with Crippen molar-refractivity contribution < 1.29 is 5.11 Å². The van der Waals surface area contributed by atoms with E-state index in [9.17, 15) is 9.90 Å². The van der Waals surface area contributed by atoms with Crippen LogP contribution in [0.1, 0.15) is 43.8 Å². The van der Waals surface area contributed by atoms with Gasteiger partial charge in [0, 0.05) is 14.1 Å². The van der Waals surface area contributed by atoms with Gasteiger partial charge >= 0.3 is 5.69 Å². The molecular formula is C16H22N2O2. The molecular weight excluding hydrogens is 252 g/mol. The molecule has 4 heteroatoms. The van der Waals surface area contributed by atoms with Gasteiger partial charge in [0.25, 0.3) is 0 Å². The van der Waals surface area contributed by atoms with Crippen molar-refractivity contribution in [2.75, 3.05) is 0 Å². The van der Waals surface area contributed by atoms with E-state index in [-0.39, 0.29) is 5.69 Å². The maximum absolute atomic E-state index is 11.9. The van der Waals surface area contributed by atoms with Gasteiger partial charge in [-0.05, 0) is 30.0 Å². The Labute approximate surface area is 118 Å². The van der Waals surface area contributed by atoms with Crippen LogP contribution in [-0.4, -0.2) is 14.2 Å². The first-order chi connectivity index (χ1) is 9.58. The van der Waals surface area contributed by atoms with E-state index in [0.717, 1.165) is 23.0 Å². The van der Waals surface area contributed by atoms with Gasteiger partial charge in [-0.25, -0.2) is 4.79 Å². The number of benzene rings is 1. The molecule has 1 heterocycles. The Bertz CT molecular complexity index is 678. The Hall–Kier alpha value is -1.55. The number of hydrogen-bond donors (Lipinski definition) is 1. The number of hydrogen-bond acceptors (Lipinski definition) is 2. The highest BCUT2D eigenvalue weighted by atomic mass is 16.3. The van der Waals surface area contributed by atoms with Gasteiger partial charge in [0.05, 0.1) is 17.1 Å². The highest BCUT2D eigenvalue weighted by Gasteiger charge is 2.20. The summed E-state index contributed by atoms with van der Waals surface area (Å²) in [6, 6.07) is 5.83. The van der Waals surface area contributed by atoms with E-state index in [2.05, 4.69) is 0 Å². The molecule has 1 unspecified atom stereocenters. The summed E-state index contributed by atoms with van der Waals surface area (Å²) in [6.45, 7) is 0. The highest BCUT2D eigenvalue weighted by Crippen LogP contribution is 2.33. The summed E-state index contributed by atoms with van der Waals surface area (Å²) < 4.78 is 3.28. The first-order valence-electron chi connectivity index (χ1n) is 7.41. The number of aliphatic hydroxyl groups is 1. The minimum Gasteiger partial charge on any atom is -0.388 e. The normalized spacial score (nSPS) is 17.9. The first kappa shape index (κ1) is 13.4. The van der Waals surface area contributed by atoms with Gasteiger partial charge in [0.2, 0.25) is 0 Å². The minimum atomic E-state index is -0.419. The fourth-order valence-corrected chi connectivity index (χ4v) is 3.43. The molecule has 1 aromatic heterocycles. The lowest BCUT2D eigenvalue weighted by atomic mass is 9.95. The maximum Gasteiger partial charge on any atom is 0.328 e. The molecule has 0 amide bonds. The van der Waals surface area contributed by atoms with Crippen molar-refractivity contribution in [3.63, 3.8) is 0 Å². The van der Waals surface area contributed by atoms with E-state index >= 15 is 0 Å². The topological polar surface area (TPSA) is 47.2 Å². The number of aliphatic hydroxyl groups excluding tert-OH is 1. The summed E-state index contributed by atoms with van der Waals surface area (Å²) in [5, 5.41) is 10.4. The largest absolute Gasteiger partial charge is 0.388 e. The highest BCUT2D eigenvalue weighted by molar-refractivity contribution is 5.76. The van der Waals surface area contributed by atoms with Gasteiger partial charge in [0.1, 0.15) is 0 Å². The van der Waals surface area contributed by atoms with Crippen LogP contribution >= 0.6 is 0 Å². The lowest BCUT2D eigenvalue weighted by Crippen LogP contribution is -2.19. The van der Waals surface area contributed by atoms with Crippen LogP contribution in [0.3, 0.4) is 0 Å². The molecule has 108 valence electrons. The quantitative estimate of drug-likeness (QED) is 0.934. The second-order valence-corrected chi connectivity index (χ2v) is 6.05. The SMILES string of the molecule is Cn1c(=O)n(C)c2cc(C(O)CC3CCCC3)ccc21. The number of nitrogens with zero attached hydrogens (tertiary/aromatic N) is 2. The third kappa shape index (κ3) is 2.18. The average molecular weight is 274 g/mol. The molecule has 1 aromatic carbocycles. The third-order valence-electron chi connectivity index (χ3n) is 4.71. The molecule has 0 spiro atoms. The van der Waals surface area contributed by atoms with Crippen LogP contribution in [0.4, 0.5) is 0 Å². The minimum absolute atomic E-state index is 0.0255. The van der Waals surface area contributed by atoms with Crippen molar-refractivity contribution in [1.29, 1.82) is 0 Å². The summed E-state index contributed by atoms with van der Waals surface area (Å²) in [4.78, 5) is 11.9. The Morgan fingerprint density at radius 1 is 1.20 bits per heavy atom. The smallest absolute Gasteiger partial charge is 0.328 e. The van der Waals surface area contributed by atoms with Crippen LogP contribution in [0.15, 0.2) is 23.0 Å². The molecule has 1 atom stereocenters. The van der Waals surface area contributed by atoms with Crippen molar-refractivity contribution >= 4 is 11.0 Å². The van der Waals surface area contributed by atoms with Crippen molar-refractivity contribution in [3.05, 3.63) is 34.2 Å². The van der Waals surface area contributed by atoms with E-state index in [0.29, 0.717) is 5.92 Å². The van der Waals surface area contributed by atoms with Crippen LogP contribution in [-0.2, 0) is 14.1 Å². The second-order valence-electron chi connectivity index (χ2n) is 6.05. The van der Waals surface area contributed by atoms with Crippen LogP contribution in [0.5, 0.6) is 0 Å². The van der Waals surface area contributed by atoms with Crippen LogP contribution < -0.4 is 5.69 Å². The Kier molecular flexibility index (Phi) is 3.42. The van der Waals surface area contributed by atoms with Gasteiger partial charge in [-0.15, -0.1) is 0 Å². The predicted octanol–water partition coefficient (Wildman–Crippen LogP) is 2.49. The molecule has 1 aliphatic rings. The average Bonchev–Trinajstić information content (AvgIpc) is 3.03. The maximum atomic E-state index is 11.9. The molecule has 1 saturated carbocycles. The van der Waals surface area contributed by atoms with E-state index in [1.807, 2.05) is 18.2 Å². The Morgan fingerprint density at radius 3 is 2.55 bits per heavy atom. The number of aromatic nitrogens is 2. The molecule has 3 rings (SSSR count). The lowest BCUT2D eigenvalue weighted by Gasteiger charge is -2.16. The number of imidazole rings is 1. The molecule has 1 aliphatic carbocycles. The van der Waals surface area contributed by atoms with E-state index in [1.54, 1.807) is 23.2 Å². The number of fused-ring (bicyclic) bond motifs is 1. The zero-order chi connectivity index (χ0) is 14.3. The van der Waals surface area contributed by atoms with Crippen molar-refractivity contribution in [1.82, 2.24) is 9.13 Å². The van der Waals surface area contributed by atoms with E-state index in [4.69, 9.17) is 0 Å². The summed E-state index contributed by atoms with van der Waals surface area (Å²) in [7, 11) is 3.55. The number of aryl methyl sites for hydroxylation is 2. The van der Waals surface area contributed by atoms with Crippen molar-refractivity contribution in [2.24, 2.45) is 20.0 Å². The Balaban J connectivity index is 1.92. The van der Waals surface area contributed by atoms with Crippen molar-refractivity contribution in [2.45, 2.75) is 38.2 Å². The number of rotatable bonds is 3. The fraction of sp³-hybridized carbons (Fsp3) is 0.562. The van der Waals surface area contributed by atoms with Crippen LogP contribution in [0, 0.1) is 5.92 Å². The van der Waals surface area contributed by atoms with Gasteiger partial charge in [-0.1, -0.05) is 31.7 Å². The van der Waals surface area contributed by atoms with E-state index in [1.165, 1.54) is 25.7 Å². The molecule has 4 nitrogen and oxygen atoms in total. The molecule has 0 saturated heterocycles. The standard InChI is InChI=1S/C16H22N2O2/c1-17-13-8-7-12(10-14(13)18(2)16(17)20)15(19)9-11-5-3-4-6-11/h7-8,10-11,15,19H,3-6,9H2,1-2H3. The summed E-state index contributed by atoms with van der Waals surface area (Å²) in [5.41, 5.74) is 2.70. The molecule has 0 aliphatic heterocycles. The van der Waals surface area contributed by atoms with E-state index < -0.39 is 6.10 Å². The first-order valence-corrected chi connectivity index (χ1v) is 7.41. The molecule has 1 fully saturated rings. The molecule has 0 bridgehead atoms. The molecule has 1 N–H and O–H groups in total. The van der Waals surface area contributed by atoms with Gasteiger partial charge in [-0.3, -0.25) is 9.13 Å². The third-order valence-corrected chi connectivity index (χ3v) is 4.71. The zero-order valence-electron chi connectivity index (χ0n) is 12.2. The predicted molar refractivity (Wildman–Crippen MR) is 79.7 cm³/mol. The summed E-state index contributed by atoms with van der Waals surface area (Å²) >= 11 is 0. The molecule has 20 heavy (non-hydrogen) atoms. The van der Waals surface area contributed by atoms with Crippen LogP contribution in [0.25, 0.3) is 11.0 Å². The van der Waals surface area contributed by atoms with Crippen molar-refractivity contribution in [3.8, 4) is 0 Å². The summed E-state index contributed by atoms with van der Waals surface area (Å²) in [6.07, 6.45) is 5.49. The molecule has 2 aromatic rings. The second kappa shape index (κ2) is 5.09. The van der Waals surface area contributed by atoms with Gasteiger partial charge in [0.15, 0.2) is 0 Å². The zero-order valence-corrected chi connectivity index (χ0v) is 12.2.